The monoisotopic (exact) mass is 532 g/mol. The van der Waals surface area contributed by atoms with E-state index in [-0.39, 0.29) is 17.0 Å². The van der Waals surface area contributed by atoms with Gasteiger partial charge in [0, 0.05) is 56.9 Å². The first-order valence-corrected chi connectivity index (χ1v) is 13.1. The van der Waals surface area contributed by atoms with Gasteiger partial charge in [0.2, 0.25) is 10.0 Å². The molecule has 2 amide bonds. The zero-order chi connectivity index (χ0) is 27.4. The number of fused-ring (bicyclic) bond motifs is 2. The number of anilines is 1. The highest BCUT2D eigenvalue weighted by Crippen LogP contribution is 2.53. The van der Waals surface area contributed by atoms with Crippen LogP contribution >= 0.6 is 0 Å². The fourth-order valence-electron chi connectivity index (χ4n) is 5.03. The molecule has 1 spiro atoms. The number of aliphatic hydroxyl groups excluding tert-OH is 1. The van der Waals surface area contributed by atoms with Gasteiger partial charge in [0.05, 0.1) is 10.5 Å². The molecule has 2 aromatic carbocycles. The van der Waals surface area contributed by atoms with E-state index in [9.17, 15) is 27.9 Å². The largest absolute Gasteiger partial charge is 0.507 e. The summed E-state index contributed by atoms with van der Waals surface area (Å²) in [6.07, 6.45) is 3.09. The van der Waals surface area contributed by atoms with Crippen molar-refractivity contribution in [2.75, 3.05) is 26.0 Å². The Labute approximate surface area is 219 Å². The van der Waals surface area contributed by atoms with Crippen molar-refractivity contribution in [3.63, 3.8) is 0 Å². The lowest BCUT2D eigenvalue weighted by Crippen LogP contribution is -2.50. The third-order valence-corrected chi connectivity index (χ3v) is 8.70. The first kappa shape index (κ1) is 25.3. The zero-order valence-corrected chi connectivity index (χ0v) is 21.6. The van der Waals surface area contributed by atoms with Crippen LogP contribution in [0.4, 0.5) is 5.69 Å². The van der Waals surface area contributed by atoms with Gasteiger partial charge in [-0.1, -0.05) is 36.4 Å². The van der Waals surface area contributed by atoms with E-state index in [1.807, 2.05) is 0 Å². The van der Waals surface area contributed by atoms with Crippen LogP contribution in [0, 0.1) is 0 Å². The number of Topliss-reactive ketones (excluding diaryl/α,β-unsaturated/α-hetero) is 1. The maximum atomic E-state index is 14.1. The Morgan fingerprint density at radius 3 is 2.45 bits per heavy atom. The number of sulfonamides is 1. The average Bonchev–Trinajstić information content (AvgIpc) is 3.27. The van der Waals surface area contributed by atoms with Gasteiger partial charge >= 0.3 is 0 Å². The summed E-state index contributed by atoms with van der Waals surface area (Å²) in [5.74, 6) is -3.26. The summed E-state index contributed by atoms with van der Waals surface area (Å²) in [7, 11) is 0.399. The molecule has 10 nitrogen and oxygen atoms in total. The average molecular weight is 533 g/mol. The van der Waals surface area contributed by atoms with Crippen LogP contribution in [-0.2, 0) is 36.5 Å². The highest BCUT2D eigenvalue weighted by molar-refractivity contribution is 7.89. The lowest BCUT2D eigenvalue weighted by atomic mass is 9.81. The predicted molar refractivity (Wildman–Crippen MR) is 138 cm³/mol. The number of aliphatic hydroxyl groups is 1. The van der Waals surface area contributed by atoms with Gasteiger partial charge < -0.3 is 14.9 Å². The van der Waals surface area contributed by atoms with Crippen molar-refractivity contribution in [2.24, 2.45) is 0 Å². The number of amides is 2. The maximum Gasteiger partial charge on any atom is 0.296 e. The molecule has 3 aromatic rings. The number of likely N-dealkylation sites (tertiary alicyclic amines) is 1. The molecule has 0 radical (unpaired) electrons. The second-order valence-corrected chi connectivity index (χ2v) is 11.4. The van der Waals surface area contributed by atoms with Crippen molar-refractivity contribution in [3.8, 4) is 0 Å². The number of benzene rings is 2. The third kappa shape index (κ3) is 3.46. The molecule has 1 N–H and O–H groups in total. The van der Waals surface area contributed by atoms with E-state index >= 15 is 0 Å². The molecule has 38 heavy (non-hydrogen) atoms. The lowest BCUT2D eigenvalue weighted by molar-refractivity contribution is -0.144. The summed E-state index contributed by atoms with van der Waals surface area (Å²) in [5, 5.41) is 11.6. The molecular formula is C27H24N4O6S. The summed E-state index contributed by atoms with van der Waals surface area (Å²) >= 11 is 0. The van der Waals surface area contributed by atoms with E-state index in [1.165, 1.54) is 56.5 Å². The van der Waals surface area contributed by atoms with Crippen molar-refractivity contribution < 1.29 is 27.9 Å². The smallest absolute Gasteiger partial charge is 0.296 e. The first-order chi connectivity index (χ1) is 18.0. The number of para-hydroxylation sites is 1. The van der Waals surface area contributed by atoms with E-state index in [0.29, 0.717) is 16.8 Å². The van der Waals surface area contributed by atoms with Crippen LogP contribution in [0.15, 0.2) is 83.5 Å². The van der Waals surface area contributed by atoms with Crippen LogP contribution in [0.3, 0.4) is 0 Å². The van der Waals surface area contributed by atoms with E-state index in [0.717, 1.165) is 9.21 Å². The number of likely N-dealkylation sites (N-methyl/N-ethyl adjacent to an activating group) is 1. The van der Waals surface area contributed by atoms with Crippen LogP contribution in [0.2, 0.25) is 0 Å². The molecule has 1 atom stereocenters. The molecule has 11 heteroatoms. The van der Waals surface area contributed by atoms with Crippen molar-refractivity contribution in [1.82, 2.24) is 14.2 Å². The van der Waals surface area contributed by atoms with Gasteiger partial charge in [0.25, 0.3) is 17.6 Å². The van der Waals surface area contributed by atoms with Crippen LogP contribution in [0.1, 0.15) is 16.7 Å². The van der Waals surface area contributed by atoms with Crippen molar-refractivity contribution in [3.05, 3.63) is 95.3 Å². The Morgan fingerprint density at radius 1 is 1.03 bits per heavy atom. The molecule has 0 saturated carbocycles. The van der Waals surface area contributed by atoms with Crippen molar-refractivity contribution >= 4 is 39.1 Å². The highest BCUT2D eigenvalue weighted by Gasteiger charge is 2.66. The quantitative estimate of drug-likeness (QED) is 0.303. The SMILES string of the molecule is CN1C(=O)C2(/C(=C(/O)c3cccc(S(=O)(=O)N(C)C)c3)C(=O)C(=O)N2Cc2cccnc2)c2ccccc21. The molecule has 5 rings (SSSR count). The Balaban J connectivity index is 1.80. The fourth-order valence-corrected chi connectivity index (χ4v) is 5.97. The minimum atomic E-state index is -3.87. The lowest BCUT2D eigenvalue weighted by Gasteiger charge is -2.34. The normalized spacial score (nSPS) is 20.6. The molecule has 0 aliphatic carbocycles. The maximum absolute atomic E-state index is 14.1. The van der Waals surface area contributed by atoms with Gasteiger partial charge in [0.15, 0.2) is 5.54 Å². The van der Waals surface area contributed by atoms with Crippen LogP contribution < -0.4 is 4.90 Å². The fraction of sp³-hybridized carbons (Fsp3) is 0.185. The van der Waals surface area contributed by atoms with Gasteiger partial charge in [-0.15, -0.1) is 0 Å². The van der Waals surface area contributed by atoms with E-state index in [4.69, 9.17) is 0 Å². The molecule has 194 valence electrons. The Hall–Kier alpha value is -4.35. The van der Waals surface area contributed by atoms with Gasteiger partial charge in [-0.2, -0.15) is 0 Å². The Kier molecular flexibility index (Phi) is 5.92. The number of pyridine rings is 1. The number of rotatable bonds is 5. The van der Waals surface area contributed by atoms with E-state index in [2.05, 4.69) is 4.98 Å². The summed E-state index contributed by atoms with van der Waals surface area (Å²) < 4.78 is 26.5. The molecule has 0 bridgehead atoms. The topological polar surface area (TPSA) is 128 Å². The number of carbonyl (C=O) groups is 3. The number of ketones is 1. The molecule has 2 aliphatic heterocycles. The first-order valence-electron chi connectivity index (χ1n) is 11.6. The summed E-state index contributed by atoms with van der Waals surface area (Å²) in [4.78, 5) is 47.6. The van der Waals surface area contributed by atoms with E-state index < -0.39 is 44.5 Å². The van der Waals surface area contributed by atoms with Gasteiger partial charge in [-0.25, -0.2) is 12.7 Å². The van der Waals surface area contributed by atoms with Gasteiger partial charge in [-0.05, 0) is 29.8 Å². The molecule has 1 fully saturated rings. The van der Waals surface area contributed by atoms with Gasteiger partial charge in [-0.3, -0.25) is 19.4 Å². The standard InChI is InChI=1S/C27H24N4O6S/c1-29(2)38(36,37)19-10-6-9-18(14-19)23(32)22-24(33)25(34)31(16-17-8-7-13-28-15-17)27(22)20-11-4-5-12-21(20)30(3)26(27)35/h4-15,32H,16H2,1-3H3/b23-22+. The van der Waals surface area contributed by atoms with Crippen molar-refractivity contribution in [1.29, 1.82) is 0 Å². The van der Waals surface area contributed by atoms with E-state index in [1.54, 1.807) is 42.6 Å². The van der Waals surface area contributed by atoms with Crippen molar-refractivity contribution in [2.45, 2.75) is 17.0 Å². The number of hydrogen-bond donors (Lipinski definition) is 1. The zero-order valence-electron chi connectivity index (χ0n) is 20.8. The Morgan fingerprint density at radius 2 is 1.76 bits per heavy atom. The number of aromatic nitrogens is 1. The van der Waals surface area contributed by atoms with Gasteiger partial charge in [0.1, 0.15) is 5.76 Å². The Bertz CT molecular complexity index is 1630. The van der Waals surface area contributed by atoms with Crippen LogP contribution in [0.5, 0.6) is 0 Å². The molecule has 3 heterocycles. The number of hydrogen-bond acceptors (Lipinski definition) is 7. The van der Waals surface area contributed by atoms with Crippen LogP contribution in [-0.4, -0.2) is 66.5 Å². The summed E-state index contributed by atoms with van der Waals surface area (Å²) in [6.45, 7) is -0.127. The molecule has 1 saturated heterocycles. The second-order valence-electron chi connectivity index (χ2n) is 9.21. The molecule has 2 aliphatic rings. The second kappa shape index (κ2) is 8.89. The summed E-state index contributed by atoms with van der Waals surface area (Å²) in [6, 6.07) is 15.5. The highest BCUT2D eigenvalue weighted by atomic mass is 32.2. The number of carbonyl (C=O) groups excluding carboxylic acids is 3. The number of nitrogens with zero attached hydrogens (tertiary/aromatic N) is 4. The van der Waals surface area contributed by atoms with Crippen LogP contribution in [0.25, 0.3) is 5.76 Å². The molecular weight excluding hydrogens is 508 g/mol. The molecule has 1 aromatic heterocycles. The minimum absolute atomic E-state index is 0.0217. The minimum Gasteiger partial charge on any atom is -0.507 e. The third-order valence-electron chi connectivity index (χ3n) is 6.89. The predicted octanol–water partition coefficient (Wildman–Crippen LogP) is 2.08. The molecule has 1 unspecified atom stereocenters. The summed E-state index contributed by atoms with van der Waals surface area (Å²) in [5.41, 5.74) is -0.998.